The number of rotatable bonds is 10. The van der Waals surface area contributed by atoms with Crippen LogP contribution in [0.3, 0.4) is 0 Å². The average molecular weight is 392 g/mol. The summed E-state index contributed by atoms with van der Waals surface area (Å²) in [5.41, 5.74) is 2.10. The minimum Gasteiger partial charge on any atom is -0.490 e. The molecular formula is C25H29NO3. The Morgan fingerprint density at radius 1 is 0.793 bits per heavy atom. The van der Waals surface area contributed by atoms with Crippen molar-refractivity contribution in [2.24, 2.45) is 0 Å². The van der Waals surface area contributed by atoms with Crippen molar-refractivity contribution in [3.05, 3.63) is 96.1 Å². The van der Waals surface area contributed by atoms with Crippen molar-refractivity contribution in [1.29, 1.82) is 0 Å². The zero-order valence-electron chi connectivity index (χ0n) is 17.0. The van der Waals surface area contributed by atoms with E-state index >= 15 is 0 Å². The lowest BCUT2D eigenvalue weighted by molar-refractivity contribution is 0.0324. The highest BCUT2D eigenvalue weighted by molar-refractivity contribution is 5.40. The van der Waals surface area contributed by atoms with Crippen LogP contribution in [-0.4, -0.2) is 24.4 Å². The molecule has 0 bridgehead atoms. The predicted molar refractivity (Wildman–Crippen MR) is 116 cm³/mol. The zero-order valence-corrected chi connectivity index (χ0v) is 17.0. The fourth-order valence-corrected chi connectivity index (χ4v) is 3.23. The first-order chi connectivity index (χ1) is 14.2. The van der Waals surface area contributed by atoms with Crippen LogP contribution in [0.25, 0.3) is 0 Å². The summed E-state index contributed by atoms with van der Waals surface area (Å²) in [5.74, 6) is 1.30. The lowest BCUT2D eigenvalue weighted by Crippen LogP contribution is -2.35. The number of nitrogens with one attached hydrogen (secondary N) is 1. The number of aliphatic hydroxyl groups excluding tert-OH is 1. The van der Waals surface area contributed by atoms with Crippen molar-refractivity contribution in [1.82, 2.24) is 5.32 Å². The van der Waals surface area contributed by atoms with E-state index in [1.165, 1.54) is 5.56 Å². The summed E-state index contributed by atoms with van der Waals surface area (Å²) >= 11 is 0. The van der Waals surface area contributed by atoms with Crippen molar-refractivity contribution in [3.63, 3.8) is 0 Å². The molecule has 0 aliphatic heterocycles. The van der Waals surface area contributed by atoms with Gasteiger partial charge >= 0.3 is 0 Å². The molecule has 2 N–H and O–H groups in total. The SMILES string of the molecule is CCOc1ccccc1O[C@@H](c1ccccc1)[C@H](O)CN[C@@H](C)c1ccccc1. The molecule has 0 spiro atoms. The van der Waals surface area contributed by atoms with Crippen LogP contribution in [0.1, 0.15) is 37.1 Å². The normalized spacial score (nSPS) is 14.0. The third kappa shape index (κ3) is 5.83. The van der Waals surface area contributed by atoms with Gasteiger partial charge in [-0.3, -0.25) is 0 Å². The molecule has 152 valence electrons. The summed E-state index contributed by atoms with van der Waals surface area (Å²) in [4.78, 5) is 0. The molecule has 0 heterocycles. The van der Waals surface area contributed by atoms with Gasteiger partial charge in [-0.05, 0) is 37.1 Å². The lowest BCUT2D eigenvalue weighted by atomic mass is 10.0. The molecule has 4 heteroatoms. The molecule has 0 fully saturated rings. The largest absolute Gasteiger partial charge is 0.490 e. The average Bonchev–Trinajstić information content (AvgIpc) is 2.78. The molecular weight excluding hydrogens is 362 g/mol. The Morgan fingerprint density at radius 3 is 1.97 bits per heavy atom. The van der Waals surface area contributed by atoms with Gasteiger partial charge in [0.2, 0.25) is 0 Å². The number of hydrogen-bond donors (Lipinski definition) is 2. The van der Waals surface area contributed by atoms with E-state index < -0.39 is 12.2 Å². The van der Waals surface area contributed by atoms with Crippen molar-refractivity contribution in [3.8, 4) is 11.5 Å². The van der Waals surface area contributed by atoms with Gasteiger partial charge in [0.15, 0.2) is 17.6 Å². The van der Waals surface area contributed by atoms with E-state index in [9.17, 15) is 5.11 Å². The van der Waals surface area contributed by atoms with Crippen LogP contribution in [0.15, 0.2) is 84.9 Å². The smallest absolute Gasteiger partial charge is 0.162 e. The van der Waals surface area contributed by atoms with E-state index in [0.717, 1.165) is 5.56 Å². The first kappa shape index (κ1) is 20.9. The molecule has 3 atom stereocenters. The molecule has 0 amide bonds. The third-order valence-corrected chi connectivity index (χ3v) is 4.81. The second kappa shape index (κ2) is 10.6. The molecule has 0 aliphatic rings. The maximum Gasteiger partial charge on any atom is 0.162 e. The van der Waals surface area contributed by atoms with Gasteiger partial charge in [0.05, 0.1) is 6.61 Å². The maximum absolute atomic E-state index is 11.0. The molecule has 0 saturated carbocycles. The van der Waals surface area contributed by atoms with Crippen LogP contribution in [0.2, 0.25) is 0 Å². The van der Waals surface area contributed by atoms with Crippen molar-refractivity contribution in [2.45, 2.75) is 32.1 Å². The molecule has 3 aromatic rings. The highest BCUT2D eigenvalue weighted by atomic mass is 16.5. The first-order valence-electron chi connectivity index (χ1n) is 10.1. The van der Waals surface area contributed by atoms with Crippen molar-refractivity contribution in [2.75, 3.05) is 13.2 Å². The number of para-hydroxylation sites is 2. The van der Waals surface area contributed by atoms with E-state index in [4.69, 9.17) is 9.47 Å². The van der Waals surface area contributed by atoms with Crippen LogP contribution in [0.4, 0.5) is 0 Å². The van der Waals surface area contributed by atoms with Gasteiger partial charge in [0.1, 0.15) is 6.10 Å². The number of hydrogen-bond acceptors (Lipinski definition) is 4. The molecule has 0 radical (unpaired) electrons. The third-order valence-electron chi connectivity index (χ3n) is 4.81. The highest BCUT2D eigenvalue weighted by Crippen LogP contribution is 2.32. The van der Waals surface area contributed by atoms with Crippen LogP contribution in [0, 0.1) is 0 Å². The van der Waals surface area contributed by atoms with Gasteiger partial charge in [0.25, 0.3) is 0 Å². The van der Waals surface area contributed by atoms with Gasteiger partial charge in [-0.1, -0.05) is 72.8 Å². The van der Waals surface area contributed by atoms with E-state index in [2.05, 4.69) is 24.4 Å². The Bertz CT molecular complexity index is 854. The summed E-state index contributed by atoms with van der Waals surface area (Å²) in [5, 5.41) is 14.4. The molecule has 0 aliphatic carbocycles. The minimum absolute atomic E-state index is 0.123. The second-order valence-electron chi connectivity index (χ2n) is 6.94. The fourth-order valence-electron chi connectivity index (χ4n) is 3.23. The van der Waals surface area contributed by atoms with Crippen molar-refractivity contribution >= 4 is 0 Å². The van der Waals surface area contributed by atoms with Gasteiger partial charge in [0, 0.05) is 12.6 Å². The molecule has 29 heavy (non-hydrogen) atoms. The molecule has 0 unspecified atom stereocenters. The maximum atomic E-state index is 11.0. The zero-order chi connectivity index (χ0) is 20.5. The second-order valence-corrected chi connectivity index (χ2v) is 6.94. The topological polar surface area (TPSA) is 50.7 Å². The van der Waals surface area contributed by atoms with Crippen LogP contribution in [-0.2, 0) is 0 Å². The Balaban J connectivity index is 1.75. The molecule has 3 aromatic carbocycles. The quantitative estimate of drug-likeness (QED) is 0.515. The van der Waals surface area contributed by atoms with Crippen LogP contribution in [0.5, 0.6) is 11.5 Å². The number of aliphatic hydroxyl groups is 1. The van der Waals surface area contributed by atoms with Gasteiger partial charge < -0.3 is 19.9 Å². The summed E-state index contributed by atoms with van der Waals surface area (Å²) in [6.45, 7) is 4.97. The standard InChI is InChI=1S/C25H29NO3/c1-3-28-23-16-10-11-17-24(23)29-25(21-14-8-5-9-15-21)22(27)18-26-19(2)20-12-6-4-7-13-20/h4-17,19,22,25-27H,3,18H2,1-2H3/t19-,22+,25-/m0/s1. The van der Waals surface area contributed by atoms with Gasteiger partial charge in [-0.15, -0.1) is 0 Å². The van der Waals surface area contributed by atoms with Gasteiger partial charge in [-0.25, -0.2) is 0 Å². The minimum atomic E-state index is -0.738. The first-order valence-corrected chi connectivity index (χ1v) is 10.1. The summed E-state index contributed by atoms with van der Waals surface area (Å²) in [7, 11) is 0. The summed E-state index contributed by atoms with van der Waals surface area (Å²) < 4.78 is 12.0. The number of ether oxygens (including phenoxy) is 2. The summed E-state index contributed by atoms with van der Waals surface area (Å²) in [6, 6.07) is 27.7. The van der Waals surface area contributed by atoms with Crippen molar-refractivity contribution < 1.29 is 14.6 Å². The van der Waals surface area contributed by atoms with E-state index in [1.807, 2.05) is 79.7 Å². The van der Waals surface area contributed by atoms with Crippen LogP contribution >= 0.6 is 0 Å². The van der Waals surface area contributed by atoms with Crippen LogP contribution < -0.4 is 14.8 Å². The molecule has 3 rings (SSSR count). The Morgan fingerprint density at radius 2 is 1.34 bits per heavy atom. The Kier molecular flexibility index (Phi) is 7.68. The predicted octanol–water partition coefficient (Wildman–Crippen LogP) is 4.92. The Labute approximate surface area is 173 Å². The fraction of sp³-hybridized carbons (Fsp3) is 0.280. The monoisotopic (exact) mass is 391 g/mol. The molecule has 0 aromatic heterocycles. The Hall–Kier alpha value is -2.82. The van der Waals surface area contributed by atoms with E-state index in [1.54, 1.807) is 0 Å². The summed E-state index contributed by atoms with van der Waals surface area (Å²) in [6.07, 6.45) is -1.26. The molecule has 4 nitrogen and oxygen atoms in total. The highest BCUT2D eigenvalue weighted by Gasteiger charge is 2.25. The van der Waals surface area contributed by atoms with Gasteiger partial charge in [-0.2, -0.15) is 0 Å². The van der Waals surface area contributed by atoms with E-state index in [-0.39, 0.29) is 6.04 Å². The molecule has 0 saturated heterocycles. The van der Waals surface area contributed by atoms with E-state index in [0.29, 0.717) is 24.7 Å². The number of benzene rings is 3. The lowest BCUT2D eigenvalue weighted by Gasteiger charge is -2.27.